The summed E-state index contributed by atoms with van der Waals surface area (Å²) < 4.78 is 19.5. The largest absolute Gasteiger partial charge is 0.444 e. The smallest absolute Gasteiger partial charge is 0.410 e. The Morgan fingerprint density at radius 3 is 2.72 bits per heavy atom. The standard InChI is InChI=1S/C24H26FN5O2/c1-24(2,3)32-23(31)30-11-8-14(9-12-30)21-28-19-16-7-6-15(25)13-18(16)27-22-17(20(19)29-21)5-4-10-26-22/h4-7,10,13-14H,8-9,11-12H2,1-3H3,(H,26,27)(H,28,29). The second kappa shape index (κ2) is 7.62. The maximum absolute atomic E-state index is 14.0. The minimum absolute atomic E-state index is 0.192. The molecule has 1 amide bonds. The van der Waals surface area contributed by atoms with E-state index in [0.717, 1.165) is 41.2 Å². The van der Waals surface area contributed by atoms with Gasteiger partial charge in [0.2, 0.25) is 0 Å². The molecule has 166 valence electrons. The molecule has 2 aliphatic rings. The van der Waals surface area contributed by atoms with E-state index in [4.69, 9.17) is 9.72 Å². The van der Waals surface area contributed by atoms with Crippen molar-refractivity contribution in [2.75, 3.05) is 18.4 Å². The van der Waals surface area contributed by atoms with Crippen molar-refractivity contribution in [2.45, 2.75) is 45.1 Å². The molecule has 2 aliphatic heterocycles. The van der Waals surface area contributed by atoms with Crippen molar-refractivity contribution >= 4 is 17.6 Å². The normalized spacial score (nSPS) is 15.8. The number of pyridine rings is 1. The third kappa shape index (κ3) is 3.81. The summed E-state index contributed by atoms with van der Waals surface area (Å²) in [6.45, 7) is 6.86. The summed E-state index contributed by atoms with van der Waals surface area (Å²) in [5.74, 6) is 1.41. The lowest BCUT2D eigenvalue weighted by molar-refractivity contribution is 0.0203. The van der Waals surface area contributed by atoms with Gasteiger partial charge < -0.3 is 19.9 Å². The Hall–Kier alpha value is -3.42. The summed E-state index contributed by atoms with van der Waals surface area (Å²) >= 11 is 0. The van der Waals surface area contributed by atoms with E-state index in [-0.39, 0.29) is 17.8 Å². The monoisotopic (exact) mass is 435 g/mol. The zero-order valence-electron chi connectivity index (χ0n) is 18.4. The fourth-order valence-corrected chi connectivity index (χ4v) is 4.30. The number of anilines is 2. The van der Waals surface area contributed by atoms with Gasteiger partial charge in [-0.15, -0.1) is 0 Å². The number of hydrogen-bond donors (Lipinski definition) is 2. The van der Waals surface area contributed by atoms with Gasteiger partial charge in [-0.1, -0.05) is 0 Å². The van der Waals surface area contributed by atoms with Crippen LogP contribution < -0.4 is 5.32 Å². The highest BCUT2D eigenvalue weighted by atomic mass is 19.1. The number of rotatable bonds is 1. The lowest BCUT2D eigenvalue weighted by atomic mass is 9.96. The Morgan fingerprint density at radius 1 is 1.19 bits per heavy atom. The number of carbonyl (C=O) groups excluding carboxylic acids is 1. The van der Waals surface area contributed by atoms with Gasteiger partial charge in [0.25, 0.3) is 0 Å². The number of aromatic nitrogens is 3. The molecule has 0 unspecified atom stereocenters. The molecule has 3 aromatic rings. The maximum Gasteiger partial charge on any atom is 0.410 e. The number of nitrogens with one attached hydrogen (secondary N) is 2. The fourth-order valence-electron chi connectivity index (χ4n) is 4.30. The number of hydrogen-bond acceptors (Lipinski definition) is 5. The molecular formula is C24H26FN5O2. The molecular weight excluding hydrogens is 409 g/mol. The van der Waals surface area contributed by atoms with E-state index < -0.39 is 5.60 Å². The van der Waals surface area contributed by atoms with E-state index >= 15 is 0 Å². The van der Waals surface area contributed by atoms with Crippen LogP contribution in [0.5, 0.6) is 0 Å². The number of aromatic amines is 1. The van der Waals surface area contributed by atoms with Crippen LogP contribution in [0.15, 0.2) is 36.5 Å². The number of carbonyl (C=O) groups is 1. The van der Waals surface area contributed by atoms with Crippen LogP contribution in [0.3, 0.4) is 0 Å². The predicted octanol–water partition coefficient (Wildman–Crippen LogP) is 5.45. The van der Waals surface area contributed by atoms with Crippen molar-refractivity contribution in [1.82, 2.24) is 19.9 Å². The van der Waals surface area contributed by atoms with Crippen LogP contribution in [0, 0.1) is 5.82 Å². The van der Waals surface area contributed by atoms with Crippen LogP contribution in [0.1, 0.15) is 45.4 Å². The van der Waals surface area contributed by atoms with Gasteiger partial charge in [0.15, 0.2) is 0 Å². The molecule has 2 aromatic heterocycles. The molecule has 0 aliphatic carbocycles. The van der Waals surface area contributed by atoms with Crippen molar-refractivity contribution in [3.8, 4) is 22.5 Å². The average molecular weight is 436 g/mol. The number of fused-ring (bicyclic) bond motifs is 5. The van der Waals surface area contributed by atoms with Crippen LogP contribution in [0.4, 0.5) is 20.7 Å². The van der Waals surface area contributed by atoms with E-state index in [1.165, 1.54) is 12.1 Å². The number of benzene rings is 1. The summed E-state index contributed by atoms with van der Waals surface area (Å²) in [5, 5.41) is 3.24. The molecule has 1 saturated heterocycles. The first-order valence-electron chi connectivity index (χ1n) is 10.9. The van der Waals surface area contributed by atoms with E-state index in [0.29, 0.717) is 24.6 Å². The van der Waals surface area contributed by atoms with Gasteiger partial charge in [-0.3, -0.25) is 0 Å². The van der Waals surface area contributed by atoms with Gasteiger partial charge in [-0.05, 0) is 63.9 Å². The minimum Gasteiger partial charge on any atom is -0.444 e. The first kappa shape index (κ1) is 20.5. The Morgan fingerprint density at radius 2 is 1.97 bits per heavy atom. The first-order valence-corrected chi connectivity index (χ1v) is 10.9. The van der Waals surface area contributed by atoms with Crippen molar-refractivity contribution in [3.05, 3.63) is 48.2 Å². The number of likely N-dealkylation sites (tertiary alicyclic amines) is 1. The van der Waals surface area contributed by atoms with E-state index in [1.807, 2.05) is 32.9 Å². The van der Waals surface area contributed by atoms with E-state index in [1.54, 1.807) is 17.2 Å². The quantitative estimate of drug-likeness (QED) is 0.415. The first-order chi connectivity index (χ1) is 15.3. The van der Waals surface area contributed by atoms with Crippen LogP contribution in [0.2, 0.25) is 0 Å². The molecule has 4 heterocycles. The lowest BCUT2D eigenvalue weighted by Gasteiger charge is -2.32. The molecule has 0 spiro atoms. The van der Waals surface area contributed by atoms with Gasteiger partial charge in [-0.2, -0.15) is 0 Å². The Kier molecular flexibility index (Phi) is 4.87. The fraction of sp³-hybridized carbons (Fsp3) is 0.375. The predicted molar refractivity (Wildman–Crippen MR) is 120 cm³/mol. The SMILES string of the molecule is CC(C)(C)OC(=O)N1CCC(c2nc3c([nH]2)-c2ccc(F)cc2Nc2ncccc2-3)CC1. The number of H-pyrrole nitrogens is 1. The van der Waals surface area contributed by atoms with Crippen molar-refractivity contribution in [3.63, 3.8) is 0 Å². The minimum atomic E-state index is -0.505. The number of piperidine rings is 1. The highest BCUT2D eigenvalue weighted by molar-refractivity contribution is 5.94. The topological polar surface area (TPSA) is 83.1 Å². The summed E-state index contributed by atoms with van der Waals surface area (Å²) in [6, 6.07) is 8.52. The third-order valence-corrected chi connectivity index (χ3v) is 5.82. The molecule has 0 atom stereocenters. The van der Waals surface area contributed by atoms with Gasteiger partial charge in [0.1, 0.15) is 28.8 Å². The maximum atomic E-state index is 14.0. The Bertz CT molecular complexity index is 1180. The number of nitrogens with zero attached hydrogens (tertiary/aromatic N) is 3. The molecule has 8 heteroatoms. The van der Waals surface area contributed by atoms with Crippen LogP contribution in [-0.4, -0.2) is 44.6 Å². The van der Waals surface area contributed by atoms with E-state index in [2.05, 4.69) is 15.3 Å². The lowest BCUT2D eigenvalue weighted by Crippen LogP contribution is -2.41. The summed E-state index contributed by atoms with van der Waals surface area (Å²) in [5.41, 5.74) is 3.52. The molecule has 0 bridgehead atoms. The molecule has 7 nitrogen and oxygen atoms in total. The number of halogens is 1. The highest BCUT2D eigenvalue weighted by Crippen LogP contribution is 2.43. The third-order valence-electron chi connectivity index (χ3n) is 5.82. The zero-order valence-corrected chi connectivity index (χ0v) is 18.4. The van der Waals surface area contributed by atoms with Crippen molar-refractivity contribution < 1.29 is 13.9 Å². The Labute approximate surface area is 186 Å². The van der Waals surface area contributed by atoms with Crippen LogP contribution >= 0.6 is 0 Å². The van der Waals surface area contributed by atoms with Gasteiger partial charge in [0, 0.05) is 36.3 Å². The number of imidazole rings is 1. The van der Waals surface area contributed by atoms with E-state index in [9.17, 15) is 9.18 Å². The van der Waals surface area contributed by atoms with Crippen molar-refractivity contribution in [2.24, 2.45) is 0 Å². The van der Waals surface area contributed by atoms with Crippen LogP contribution in [-0.2, 0) is 4.74 Å². The molecule has 0 saturated carbocycles. The molecule has 1 aromatic carbocycles. The average Bonchev–Trinajstić information content (AvgIpc) is 3.13. The highest BCUT2D eigenvalue weighted by Gasteiger charge is 2.31. The van der Waals surface area contributed by atoms with Crippen LogP contribution in [0.25, 0.3) is 22.5 Å². The van der Waals surface area contributed by atoms with Gasteiger partial charge in [0.05, 0.1) is 11.4 Å². The van der Waals surface area contributed by atoms with Gasteiger partial charge >= 0.3 is 6.09 Å². The second-order valence-electron chi connectivity index (χ2n) is 9.30. The summed E-state index contributed by atoms with van der Waals surface area (Å²) in [6.07, 6.45) is 3.02. The molecule has 5 rings (SSSR count). The van der Waals surface area contributed by atoms with Gasteiger partial charge in [-0.25, -0.2) is 19.2 Å². The zero-order chi connectivity index (χ0) is 22.5. The molecule has 32 heavy (non-hydrogen) atoms. The van der Waals surface area contributed by atoms with Crippen molar-refractivity contribution in [1.29, 1.82) is 0 Å². The second-order valence-corrected chi connectivity index (χ2v) is 9.30. The summed E-state index contributed by atoms with van der Waals surface area (Å²) in [7, 11) is 0. The molecule has 1 fully saturated rings. The number of amides is 1. The summed E-state index contributed by atoms with van der Waals surface area (Å²) in [4.78, 5) is 27.1. The molecule has 0 radical (unpaired) electrons. The molecule has 2 N–H and O–H groups in total. The Balaban J connectivity index is 1.45. The number of ether oxygens (including phenoxy) is 1.